The molecule has 1 aliphatic rings. The maximum atomic E-state index is 13.6. The van der Waals surface area contributed by atoms with Gasteiger partial charge in [0.25, 0.3) is 0 Å². The second-order valence-corrected chi connectivity index (χ2v) is 10.0. The topological polar surface area (TPSA) is 70.8 Å². The first kappa shape index (κ1) is 20.2. The van der Waals surface area contributed by atoms with Gasteiger partial charge in [-0.3, -0.25) is 0 Å². The zero-order valence-corrected chi connectivity index (χ0v) is 18.7. The number of hydrogen-bond acceptors (Lipinski definition) is 7. The minimum absolute atomic E-state index is 0.193. The van der Waals surface area contributed by atoms with Gasteiger partial charge in [-0.05, 0) is 38.8 Å². The molecule has 3 heterocycles. The molecule has 0 atom stereocenters. The number of fused-ring (bicyclic) bond motifs is 1. The zero-order valence-electron chi connectivity index (χ0n) is 17.1. The number of aryl methyl sites for hydroxylation is 2. The number of anilines is 1. The fraction of sp³-hybridized carbons (Fsp3) is 0.400. The average Bonchev–Trinajstić information content (AvgIpc) is 3.07. The summed E-state index contributed by atoms with van der Waals surface area (Å²) in [5.41, 5.74) is 1.89. The molecule has 1 aliphatic heterocycles. The van der Waals surface area contributed by atoms with Crippen molar-refractivity contribution in [3.05, 3.63) is 41.6 Å². The third kappa shape index (κ3) is 3.51. The van der Waals surface area contributed by atoms with E-state index in [4.69, 9.17) is 0 Å². The van der Waals surface area contributed by atoms with E-state index in [0.717, 1.165) is 37.7 Å². The van der Waals surface area contributed by atoms with Crippen LogP contribution in [0.3, 0.4) is 0 Å². The highest BCUT2D eigenvalue weighted by Crippen LogP contribution is 2.35. The predicted octanol–water partition coefficient (Wildman–Crippen LogP) is 2.65. The molecule has 0 radical (unpaired) electrons. The van der Waals surface area contributed by atoms with Gasteiger partial charge in [-0.25, -0.2) is 13.4 Å². The highest BCUT2D eigenvalue weighted by atomic mass is 32.2. The maximum Gasteiger partial charge on any atom is 0.213 e. The monoisotopic (exact) mass is 431 g/mol. The van der Waals surface area contributed by atoms with E-state index in [1.54, 1.807) is 16.6 Å². The summed E-state index contributed by atoms with van der Waals surface area (Å²) in [4.78, 5) is 9.64. The first-order chi connectivity index (χ1) is 13.8. The van der Waals surface area contributed by atoms with Crippen LogP contribution in [0.25, 0.3) is 5.65 Å². The van der Waals surface area contributed by atoms with Crippen molar-refractivity contribution in [1.29, 1.82) is 0 Å². The summed E-state index contributed by atoms with van der Waals surface area (Å²) in [6, 6.07) is 9.03. The van der Waals surface area contributed by atoms with E-state index in [9.17, 15) is 8.42 Å². The van der Waals surface area contributed by atoms with Crippen LogP contribution in [0.2, 0.25) is 0 Å². The van der Waals surface area contributed by atoms with Gasteiger partial charge in [0.05, 0.1) is 4.90 Å². The van der Waals surface area contributed by atoms with Crippen LogP contribution < -0.4 is 4.90 Å². The van der Waals surface area contributed by atoms with Crippen molar-refractivity contribution in [2.45, 2.75) is 28.7 Å². The Morgan fingerprint density at radius 3 is 2.41 bits per heavy atom. The number of hydrogen-bond donors (Lipinski definition) is 0. The van der Waals surface area contributed by atoms with Gasteiger partial charge in [0.15, 0.2) is 10.5 Å². The number of thioether (sulfide) groups is 1. The smallest absolute Gasteiger partial charge is 0.213 e. The van der Waals surface area contributed by atoms with Gasteiger partial charge in [0, 0.05) is 37.9 Å². The van der Waals surface area contributed by atoms with E-state index < -0.39 is 9.84 Å². The van der Waals surface area contributed by atoms with Crippen molar-refractivity contribution in [2.24, 2.45) is 0 Å². The fourth-order valence-electron chi connectivity index (χ4n) is 3.68. The molecule has 0 bridgehead atoms. The van der Waals surface area contributed by atoms with Gasteiger partial charge in [-0.15, -0.1) is 11.8 Å². The lowest BCUT2D eigenvalue weighted by Gasteiger charge is -2.34. The zero-order chi connectivity index (χ0) is 20.8. The number of rotatable bonds is 4. The van der Waals surface area contributed by atoms with Gasteiger partial charge >= 0.3 is 0 Å². The Morgan fingerprint density at radius 1 is 1.07 bits per heavy atom. The summed E-state index contributed by atoms with van der Waals surface area (Å²) in [6.07, 6.45) is 1.85. The third-order valence-electron chi connectivity index (χ3n) is 5.30. The maximum absolute atomic E-state index is 13.6. The van der Waals surface area contributed by atoms with E-state index in [1.165, 1.54) is 11.8 Å². The molecule has 1 fully saturated rings. The van der Waals surface area contributed by atoms with Crippen LogP contribution in [0.15, 0.2) is 45.1 Å². The van der Waals surface area contributed by atoms with Crippen LogP contribution in [-0.2, 0) is 9.84 Å². The van der Waals surface area contributed by atoms with Gasteiger partial charge < -0.3 is 9.80 Å². The Bertz CT molecular complexity index is 1170. The van der Waals surface area contributed by atoms with Crippen molar-refractivity contribution < 1.29 is 8.42 Å². The van der Waals surface area contributed by atoms with Crippen molar-refractivity contribution in [3.8, 4) is 0 Å². The normalized spacial score (nSPS) is 15.9. The molecule has 0 aliphatic carbocycles. The first-order valence-corrected chi connectivity index (χ1v) is 12.2. The lowest BCUT2D eigenvalue weighted by atomic mass is 10.2. The Hall–Kier alpha value is -2.10. The van der Waals surface area contributed by atoms with Gasteiger partial charge in [-0.1, -0.05) is 18.2 Å². The number of likely N-dealkylation sites (N-methyl/N-ethyl adjacent to an activating group) is 1. The van der Waals surface area contributed by atoms with Crippen LogP contribution in [0.4, 0.5) is 5.82 Å². The third-order valence-corrected chi connectivity index (χ3v) is 8.05. The Labute approximate surface area is 175 Å². The molecular formula is C20H25N5O2S2. The van der Waals surface area contributed by atoms with Gasteiger partial charge in [0.2, 0.25) is 9.84 Å². The Balaban J connectivity index is 1.95. The molecule has 154 valence electrons. The average molecular weight is 432 g/mol. The summed E-state index contributed by atoms with van der Waals surface area (Å²) >= 11 is 1.33. The molecule has 3 aromatic rings. The van der Waals surface area contributed by atoms with E-state index in [-0.39, 0.29) is 4.90 Å². The Morgan fingerprint density at radius 2 is 1.76 bits per heavy atom. The minimum Gasteiger partial charge on any atom is -0.354 e. The largest absolute Gasteiger partial charge is 0.354 e. The number of nitrogens with zero attached hydrogens (tertiary/aromatic N) is 5. The number of benzene rings is 1. The number of piperazine rings is 1. The molecule has 0 saturated carbocycles. The summed E-state index contributed by atoms with van der Waals surface area (Å²) in [5, 5.41) is 5.14. The second kappa shape index (κ2) is 7.62. The highest BCUT2D eigenvalue weighted by Gasteiger charge is 2.31. The van der Waals surface area contributed by atoms with E-state index >= 15 is 0 Å². The van der Waals surface area contributed by atoms with Crippen molar-refractivity contribution in [1.82, 2.24) is 19.5 Å². The summed E-state index contributed by atoms with van der Waals surface area (Å²) in [6.45, 7) is 7.34. The minimum atomic E-state index is -3.76. The molecule has 9 heteroatoms. The summed E-state index contributed by atoms with van der Waals surface area (Å²) < 4.78 is 29.0. The van der Waals surface area contributed by atoms with Crippen LogP contribution in [-0.4, -0.2) is 67.4 Å². The van der Waals surface area contributed by atoms with E-state index in [2.05, 4.69) is 26.9 Å². The SMILES string of the molecule is CSc1nn2c(N3CCN(C)CC3)cc(C)nc2c1S(=O)(=O)c1ccccc1C. The fourth-order valence-corrected chi connectivity index (χ4v) is 6.31. The van der Waals surface area contributed by atoms with E-state index in [1.807, 2.05) is 38.3 Å². The molecule has 0 spiro atoms. The Kier molecular flexibility index (Phi) is 5.30. The molecule has 0 amide bonds. The molecule has 7 nitrogen and oxygen atoms in total. The van der Waals surface area contributed by atoms with Crippen LogP contribution >= 0.6 is 11.8 Å². The summed E-state index contributed by atoms with van der Waals surface area (Å²) in [5.74, 6) is 0.891. The molecular weight excluding hydrogens is 406 g/mol. The van der Waals surface area contributed by atoms with Crippen molar-refractivity contribution in [3.63, 3.8) is 0 Å². The van der Waals surface area contributed by atoms with E-state index in [0.29, 0.717) is 21.1 Å². The lowest BCUT2D eigenvalue weighted by Crippen LogP contribution is -2.45. The molecule has 1 saturated heterocycles. The van der Waals surface area contributed by atoms with Crippen LogP contribution in [0.5, 0.6) is 0 Å². The van der Waals surface area contributed by atoms with Crippen LogP contribution in [0.1, 0.15) is 11.3 Å². The van der Waals surface area contributed by atoms with Crippen molar-refractivity contribution >= 4 is 33.1 Å². The number of sulfone groups is 1. The molecule has 4 rings (SSSR count). The second-order valence-electron chi connectivity index (χ2n) is 7.39. The molecule has 1 aromatic carbocycles. The quantitative estimate of drug-likeness (QED) is 0.588. The van der Waals surface area contributed by atoms with Crippen molar-refractivity contribution in [2.75, 3.05) is 44.4 Å². The van der Waals surface area contributed by atoms with Crippen LogP contribution in [0, 0.1) is 13.8 Å². The molecule has 0 unspecified atom stereocenters. The molecule has 0 N–H and O–H groups in total. The summed E-state index contributed by atoms with van der Waals surface area (Å²) in [7, 11) is -1.65. The van der Waals surface area contributed by atoms with Gasteiger partial charge in [-0.2, -0.15) is 9.61 Å². The standard InChI is InChI=1S/C20H25N5O2S2/c1-14-7-5-6-8-16(14)29(26,27)18-19-21-15(2)13-17(25(19)22-20(18)28-4)24-11-9-23(3)10-12-24/h5-8,13H,9-12H2,1-4H3. The lowest BCUT2D eigenvalue weighted by molar-refractivity contribution is 0.311. The van der Waals surface area contributed by atoms with Gasteiger partial charge in [0.1, 0.15) is 10.8 Å². The molecule has 2 aromatic heterocycles. The number of aromatic nitrogens is 3. The predicted molar refractivity (Wildman–Crippen MR) is 116 cm³/mol. The first-order valence-electron chi connectivity index (χ1n) is 9.51. The molecule has 29 heavy (non-hydrogen) atoms. The highest BCUT2D eigenvalue weighted by molar-refractivity contribution is 7.99.